The summed E-state index contributed by atoms with van der Waals surface area (Å²) in [4.78, 5) is 25.1. The van der Waals surface area contributed by atoms with Crippen LogP contribution in [0.15, 0.2) is 54.6 Å². The van der Waals surface area contributed by atoms with Gasteiger partial charge in [0.2, 0.25) is 0 Å². The Labute approximate surface area is 167 Å². The van der Waals surface area contributed by atoms with Gasteiger partial charge < -0.3 is 24.1 Å². The van der Waals surface area contributed by atoms with Crippen LogP contribution < -0.4 is 9.47 Å². The number of hydrogen-bond donors (Lipinski definition) is 1. The quantitative estimate of drug-likeness (QED) is 0.435. The Bertz CT molecular complexity index is 1040. The Morgan fingerprint density at radius 2 is 1.52 bits per heavy atom. The summed E-state index contributed by atoms with van der Waals surface area (Å²) in [5, 5.41) is 10.8. The first-order chi connectivity index (χ1) is 14.1. The Kier molecular flexibility index (Phi) is 6.43. The van der Waals surface area contributed by atoms with E-state index >= 15 is 0 Å². The molecule has 0 bridgehead atoms. The molecule has 0 aliphatic carbocycles. The fraction of sp³-hybridized carbons (Fsp3) is 0.182. The number of carbonyl (C=O) groups is 2. The number of carboxylic acid groups (broad SMARTS) is 1. The van der Waals surface area contributed by atoms with Gasteiger partial charge in [-0.1, -0.05) is 30.3 Å². The van der Waals surface area contributed by atoms with Gasteiger partial charge in [-0.05, 0) is 29.7 Å². The summed E-state index contributed by atoms with van der Waals surface area (Å²) in [6.07, 6.45) is 0. The van der Waals surface area contributed by atoms with Gasteiger partial charge in [0.1, 0.15) is 11.5 Å². The second-order valence-corrected chi connectivity index (χ2v) is 6.10. The lowest BCUT2D eigenvalue weighted by Gasteiger charge is -2.15. The molecule has 7 nitrogen and oxygen atoms in total. The number of fused-ring (bicyclic) bond motifs is 1. The molecule has 3 rings (SSSR count). The standard InChI is InChI=1S/C22H20O7/c1-26-12-28-15-9-7-14-8-10-19(29-13-27-2)20(18(14)11-15)21(23)16-5-3-4-6-17(16)22(24)25/h3-11H,12-13H2,1-2H3,(H,24,25). The van der Waals surface area contributed by atoms with Gasteiger partial charge in [0.25, 0.3) is 0 Å². The van der Waals surface area contributed by atoms with E-state index in [1.54, 1.807) is 42.5 Å². The van der Waals surface area contributed by atoms with Crippen LogP contribution in [0.4, 0.5) is 0 Å². The molecule has 0 heterocycles. The van der Waals surface area contributed by atoms with Gasteiger partial charge >= 0.3 is 5.97 Å². The van der Waals surface area contributed by atoms with Gasteiger partial charge in [0.15, 0.2) is 19.4 Å². The third-order valence-corrected chi connectivity index (χ3v) is 4.26. The van der Waals surface area contributed by atoms with Crippen molar-refractivity contribution in [2.75, 3.05) is 27.8 Å². The summed E-state index contributed by atoms with van der Waals surface area (Å²) in [6.45, 7) is -0.0112. The predicted octanol–water partition coefficient (Wildman–Crippen LogP) is 3.73. The van der Waals surface area contributed by atoms with Crippen LogP contribution in [0.1, 0.15) is 26.3 Å². The molecule has 3 aromatic rings. The van der Waals surface area contributed by atoms with Crippen molar-refractivity contribution in [3.63, 3.8) is 0 Å². The molecule has 1 N–H and O–H groups in total. The van der Waals surface area contributed by atoms with Crippen LogP contribution in [0, 0.1) is 0 Å². The van der Waals surface area contributed by atoms with E-state index in [4.69, 9.17) is 18.9 Å². The van der Waals surface area contributed by atoms with Crippen molar-refractivity contribution in [2.24, 2.45) is 0 Å². The summed E-state index contributed by atoms with van der Waals surface area (Å²) in [7, 11) is 2.98. The summed E-state index contributed by atoms with van der Waals surface area (Å²) >= 11 is 0. The number of aromatic carboxylic acids is 1. The average molecular weight is 396 g/mol. The molecular formula is C22H20O7. The number of carboxylic acids is 1. The van der Waals surface area contributed by atoms with Crippen LogP contribution in [0.5, 0.6) is 11.5 Å². The zero-order chi connectivity index (χ0) is 20.8. The van der Waals surface area contributed by atoms with Crippen LogP contribution >= 0.6 is 0 Å². The molecule has 0 spiro atoms. The molecule has 0 aromatic heterocycles. The highest BCUT2D eigenvalue weighted by Gasteiger charge is 2.23. The van der Waals surface area contributed by atoms with E-state index < -0.39 is 11.8 Å². The number of ketones is 1. The number of rotatable bonds is 9. The highest BCUT2D eigenvalue weighted by atomic mass is 16.7. The average Bonchev–Trinajstić information content (AvgIpc) is 2.75. The largest absolute Gasteiger partial charge is 0.478 e. The lowest BCUT2D eigenvalue weighted by atomic mass is 9.93. The molecule has 150 valence electrons. The van der Waals surface area contributed by atoms with Gasteiger partial charge in [-0.25, -0.2) is 4.79 Å². The van der Waals surface area contributed by atoms with E-state index in [9.17, 15) is 14.7 Å². The molecule has 0 atom stereocenters. The molecular weight excluding hydrogens is 376 g/mol. The molecule has 3 aromatic carbocycles. The molecule has 0 radical (unpaired) electrons. The molecule has 29 heavy (non-hydrogen) atoms. The van der Waals surface area contributed by atoms with E-state index in [2.05, 4.69) is 0 Å². The molecule has 0 saturated carbocycles. The van der Waals surface area contributed by atoms with Crippen LogP contribution in [-0.2, 0) is 9.47 Å². The topological polar surface area (TPSA) is 91.3 Å². The fourth-order valence-electron chi connectivity index (χ4n) is 2.97. The van der Waals surface area contributed by atoms with E-state index in [-0.39, 0.29) is 36.0 Å². The zero-order valence-electron chi connectivity index (χ0n) is 16.0. The SMILES string of the molecule is COCOc1ccc2ccc(OCOC)c(C(=O)c3ccccc3C(=O)O)c2c1. The Hall–Kier alpha value is -3.42. The number of ether oxygens (including phenoxy) is 4. The maximum Gasteiger partial charge on any atom is 0.336 e. The van der Waals surface area contributed by atoms with Crippen LogP contribution in [0.2, 0.25) is 0 Å². The highest BCUT2D eigenvalue weighted by molar-refractivity contribution is 6.21. The predicted molar refractivity (Wildman–Crippen MR) is 106 cm³/mol. The number of benzene rings is 3. The maximum atomic E-state index is 13.4. The summed E-state index contributed by atoms with van der Waals surface area (Å²) < 4.78 is 21.0. The van der Waals surface area contributed by atoms with E-state index in [0.717, 1.165) is 5.39 Å². The Morgan fingerprint density at radius 1 is 0.862 bits per heavy atom. The number of carbonyl (C=O) groups excluding carboxylic acids is 1. The molecule has 0 aliphatic rings. The molecule has 0 fully saturated rings. The second kappa shape index (κ2) is 9.18. The van der Waals surface area contributed by atoms with Crippen molar-refractivity contribution >= 4 is 22.5 Å². The Balaban J connectivity index is 2.21. The van der Waals surface area contributed by atoms with Crippen LogP contribution in [-0.4, -0.2) is 44.7 Å². The normalized spacial score (nSPS) is 10.7. The third kappa shape index (κ3) is 4.37. The molecule has 0 unspecified atom stereocenters. The van der Waals surface area contributed by atoms with Crippen molar-refractivity contribution in [3.05, 3.63) is 71.3 Å². The molecule has 0 amide bonds. The van der Waals surface area contributed by atoms with Gasteiger partial charge in [-0.3, -0.25) is 4.79 Å². The van der Waals surface area contributed by atoms with Crippen LogP contribution in [0.3, 0.4) is 0 Å². The first-order valence-corrected chi connectivity index (χ1v) is 8.74. The van der Waals surface area contributed by atoms with Gasteiger partial charge in [-0.2, -0.15) is 0 Å². The van der Waals surface area contributed by atoms with Crippen LogP contribution in [0.25, 0.3) is 10.8 Å². The van der Waals surface area contributed by atoms with Crippen molar-refractivity contribution in [2.45, 2.75) is 0 Å². The van der Waals surface area contributed by atoms with Crippen molar-refractivity contribution in [1.82, 2.24) is 0 Å². The summed E-state index contributed by atoms with van der Waals surface area (Å²) in [6, 6.07) is 14.8. The smallest absolute Gasteiger partial charge is 0.336 e. The lowest BCUT2D eigenvalue weighted by molar-refractivity contribution is 0.0504. The van der Waals surface area contributed by atoms with Crippen molar-refractivity contribution in [3.8, 4) is 11.5 Å². The number of methoxy groups -OCH3 is 2. The third-order valence-electron chi connectivity index (χ3n) is 4.26. The maximum absolute atomic E-state index is 13.4. The number of hydrogen-bond acceptors (Lipinski definition) is 6. The Morgan fingerprint density at radius 3 is 2.21 bits per heavy atom. The summed E-state index contributed by atoms with van der Waals surface area (Å²) in [5.41, 5.74) is 0.216. The minimum absolute atomic E-state index is 0.0521. The monoisotopic (exact) mass is 396 g/mol. The zero-order valence-corrected chi connectivity index (χ0v) is 16.0. The first kappa shape index (κ1) is 20.3. The molecule has 0 aliphatic heterocycles. The van der Waals surface area contributed by atoms with E-state index in [1.807, 2.05) is 0 Å². The lowest BCUT2D eigenvalue weighted by Crippen LogP contribution is -2.12. The van der Waals surface area contributed by atoms with E-state index in [1.165, 1.54) is 26.4 Å². The van der Waals surface area contributed by atoms with Gasteiger partial charge in [-0.15, -0.1) is 0 Å². The fourth-order valence-corrected chi connectivity index (χ4v) is 2.97. The van der Waals surface area contributed by atoms with Gasteiger partial charge in [0.05, 0.1) is 11.1 Å². The van der Waals surface area contributed by atoms with Gasteiger partial charge in [0, 0.05) is 25.2 Å². The second-order valence-electron chi connectivity index (χ2n) is 6.10. The molecule has 7 heteroatoms. The molecule has 0 saturated heterocycles. The van der Waals surface area contributed by atoms with E-state index in [0.29, 0.717) is 11.1 Å². The minimum Gasteiger partial charge on any atom is -0.478 e. The highest BCUT2D eigenvalue weighted by Crippen LogP contribution is 2.33. The van der Waals surface area contributed by atoms with Crippen molar-refractivity contribution < 1.29 is 33.6 Å². The summed E-state index contributed by atoms with van der Waals surface area (Å²) in [5.74, 6) is -0.862. The first-order valence-electron chi connectivity index (χ1n) is 8.74. The minimum atomic E-state index is -1.18. The van der Waals surface area contributed by atoms with Crippen molar-refractivity contribution in [1.29, 1.82) is 0 Å².